The molecular weight excluding hydrogens is 250 g/mol. The molecule has 1 fully saturated rings. The average Bonchev–Trinajstić information content (AvgIpc) is 2.48. The molecule has 0 aromatic heterocycles. The van der Waals surface area contributed by atoms with E-state index in [0.717, 1.165) is 39.1 Å². The van der Waals surface area contributed by atoms with Gasteiger partial charge in [0.1, 0.15) is 0 Å². The van der Waals surface area contributed by atoms with Gasteiger partial charge in [-0.15, -0.1) is 0 Å². The first-order valence-electron chi connectivity index (χ1n) is 7.46. The Morgan fingerprint density at radius 1 is 1.20 bits per heavy atom. The molecule has 1 heterocycles. The Hall–Kier alpha value is -1.39. The van der Waals surface area contributed by atoms with E-state index in [1.165, 1.54) is 5.56 Å². The number of amides is 1. The maximum atomic E-state index is 12.2. The average molecular weight is 275 g/mol. The van der Waals surface area contributed by atoms with Crippen LogP contribution in [0.2, 0.25) is 0 Å². The zero-order valence-corrected chi connectivity index (χ0v) is 12.3. The van der Waals surface area contributed by atoms with Crippen molar-refractivity contribution in [2.75, 3.05) is 32.7 Å². The van der Waals surface area contributed by atoms with E-state index in [1.54, 1.807) is 0 Å². The molecule has 0 aliphatic carbocycles. The number of carbonyl (C=O) groups excluding carboxylic acids is 1. The summed E-state index contributed by atoms with van der Waals surface area (Å²) in [4.78, 5) is 16.6. The standard InChI is InChI=1S/C16H25N3O/c1-14(7-8-17)16(20)19-11-9-18(10-12-19)13-15-5-3-2-4-6-15/h2-6,14H,7-13,17H2,1H3. The number of piperazine rings is 1. The fraction of sp³-hybridized carbons (Fsp3) is 0.562. The van der Waals surface area contributed by atoms with Crippen LogP contribution in [0.5, 0.6) is 0 Å². The number of nitrogens with two attached hydrogens (primary N) is 1. The van der Waals surface area contributed by atoms with Gasteiger partial charge in [-0.3, -0.25) is 9.69 Å². The summed E-state index contributed by atoms with van der Waals surface area (Å²) in [7, 11) is 0. The highest BCUT2D eigenvalue weighted by atomic mass is 16.2. The first kappa shape index (κ1) is 15.0. The maximum Gasteiger partial charge on any atom is 0.225 e. The Kier molecular flexibility index (Phi) is 5.56. The molecule has 1 atom stereocenters. The summed E-state index contributed by atoms with van der Waals surface area (Å²) in [5, 5.41) is 0. The molecule has 0 radical (unpaired) electrons. The van der Waals surface area contributed by atoms with Crippen LogP contribution in [0.1, 0.15) is 18.9 Å². The van der Waals surface area contributed by atoms with E-state index in [-0.39, 0.29) is 11.8 Å². The molecule has 1 aromatic carbocycles. The Balaban J connectivity index is 1.79. The molecule has 110 valence electrons. The van der Waals surface area contributed by atoms with Gasteiger partial charge in [0.15, 0.2) is 0 Å². The molecule has 1 saturated heterocycles. The van der Waals surface area contributed by atoms with Crippen molar-refractivity contribution in [2.24, 2.45) is 11.7 Å². The Bertz CT molecular complexity index is 413. The predicted molar refractivity (Wildman–Crippen MR) is 81.1 cm³/mol. The third-order valence-corrected chi connectivity index (χ3v) is 3.95. The number of hydrogen-bond acceptors (Lipinski definition) is 3. The van der Waals surface area contributed by atoms with Crippen LogP contribution in [-0.4, -0.2) is 48.4 Å². The SMILES string of the molecule is CC(CCN)C(=O)N1CCN(Cc2ccccc2)CC1. The highest BCUT2D eigenvalue weighted by Gasteiger charge is 2.24. The fourth-order valence-corrected chi connectivity index (χ4v) is 2.65. The van der Waals surface area contributed by atoms with Crippen molar-refractivity contribution in [1.29, 1.82) is 0 Å². The van der Waals surface area contributed by atoms with Crippen LogP contribution in [0.15, 0.2) is 30.3 Å². The number of hydrogen-bond donors (Lipinski definition) is 1. The van der Waals surface area contributed by atoms with Crippen molar-refractivity contribution in [3.05, 3.63) is 35.9 Å². The lowest BCUT2D eigenvalue weighted by Gasteiger charge is -2.36. The van der Waals surface area contributed by atoms with E-state index >= 15 is 0 Å². The van der Waals surface area contributed by atoms with E-state index in [1.807, 2.05) is 17.9 Å². The molecule has 0 bridgehead atoms. The Morgan fingerprint density at radius 3 is 2.45 bits per heavy atom. The summed E-state index contributed by atoms with van der Waals surface area (Å²) < 4.78 is 0. The van der Waals surface area contributed by atoms with E-state index in [4.69, 9.17) is 5.73 Å². The molecule has 4 heteroatoms. The number of rotatable bonds is 5. The zero-order valence-electron chi connectivity index (χ0n) is 12.3. The van der Waals surface area contributed by atoms with Crippen molar-refractivity contribution >= 4 is 5.91 Å². The monoisotopic (exact) mass is 275 g/mol. The lowest BCUT2D eigenvalue weighted by atomic mass is 10.1. The quantitative estimate of drug-likeness (QED) is 0.881. The fourth-order valence-electron chi connectivity index (χ4n) is 2.65. The van der Waals surface area contributed by atoms with E-state index in [2.05, 4.69) is 29.2 Å². The smallest absolute Gasteiger partial charge is 0.225 e. The van der Waals surface area contributed by atoms with Gasteiger partial charge in [-0.05, 0) is 18.5 Å². The van der Waals surface area contributed by atoms with E-state index < -0.39 is 0 Å². The second-order valence-electron chi connectivity index (χ2n) is 5.57. The van der Waals surface area contributed by atoms with Crippen LogP contribution in [0.3, 0.4) is 0 Å². The van der Waals surface area contributed by atoms with Gasteiger partial charge in [0.05, 0.1) is 0 Å². The van der Waals surface area contributed by atoms with Gasteiger partial charge in [-0.1, -0.05) is 37.3 Å². The topological polar surface area (TPSA) is 49.6 Å². The summed E-state index contributed by atoms with van der Waals surface area (Å²) in [6.45, 7) is 7.11. The third-order valence-electron chi connectivity index (χ3n) is 3.95. The Morgan fingerprint density at radius 2 is 1.85 bits per heavy atom. The van der Waals surface area contributed by atoms with Crippen LogP contribution in [0.25, 0.3) is 0 Å². The zero-order chi connectivity index (χ0) is 14.4. The van der Waals surface area contributed by atoms with Crippen LogP contribution in [-0.2, 0) is 11.3 Å². The molecular formula is C16H25N3O. The second-order valence-corrected chi connectivity index (χ2v) is 5.57. The van der Waals surface area contributed by atoms with Gasteiger partial charge in [0, 0.05) is 38.6 Å². The first-order chi connectivity index (χ1) is 9.70. The number of nitrogens with zero attached hydrogens (tertiary/aromatic N) is 2. The lowest BCUT2D eigenvalue weighted by molar-refractivity contribution is -0.137. The molecule has 1 aliphatic heterocycles. The van der Waals surface area contributed by atoms with Gasteiger partial charge >= 0.3 is 0 Å². The van der Waals surface area contributed by atoms with Crippen molar-refractivity contribution in [3.63, 3.8) is 0 Å². The van der Waals surface area contributed by atoms with E-state index in [0.29, 0.717) is 6.54 Å². The van der Waals surface area contributed by atoms with Gasteiger partial charge in [0.25, 0.3) is 0 Å². The minimum Gasteiger partial charge on any atom is -0.340 e. The van der Waals surface area contributed by atoms with Crippen molar-refractivity contribution in [3.8, 4) is 0 Å². The van der Waals surface area contributed by atoms with Crippen molar-refractivity contribution in [1.82, 2.24) is 9.80 Å². The first-order valence-corrected chi connectivity index (χ1v) is 7.46. The van der Waals surface area contributed by atoms with Crippen molar-refractivity contribution in [2.45, 2.75) is 19.9 Å². The molecule has 20 heavy (non-hydrogen) atoms. The summed E-state index contributed by atoms with van der Waals surface area (Å²) in [6, 6.07) is 10.5. The minimum absolute atomic E-state index is 0.0562. The molecule has 1 aliphatic rings. The summed E-state index contributed by atoms with van der Waals surface area (Å²) in [5.74, 6) is 0.315. The number of benzene rings is 1. The highest BCUT2D eigenvalue weighted by molar-refractivity contribution is 5.78. The van der Waals surface area contributed by atoms with E-state index in [9.17, 15) is 4.79 Å². The van der Waals surface area contributed by atoms with Gasteiger partial charge in [-0.2, -0.15) is 0 Å². The molecule has 1 amide bonds. The Labute approximate surface area is 121 Å². The van der Waals surface area contributed by atoms with Crippen LogP contribution < -0.4 is 5.73 Å². The lowest BCUT2D eigenvalue weighted by Crippen LogP contribution is -2.49. The van der Waals surface area contributed by atoms with Crippen LogP contribution in [0, 0.1) is 5.92 Å². The van der Waals surface area contributed by atoms with Gasteiger partial charge in [0.2, 0.25) is 5.91 Å². The second kappa shape index (κ2) is 7.41. The predicted octanol–water partition coefficient (Wildman–Crippen LogP) is 1.32. The molecule has 2 N–H and O–H groups in total. The highest BCUT2D eigenvalue weighted by Crippen LogP contribution is 2.12. The summed E-state index contributed by atoms with van der Waals surface area (Å²) in [5.41, 5.74) is 6.86. The van der Waals surface area contributed by atoms with Gasteiger partial charge < -0.3 is 10.6 Å². The molecule has 0 spiro atoms. The minimum atomic E-state index is 0.0562. The van der Waals surface area contributed by atoms with Gasteiger partial charge in [-0.25, -0.2) is 0 Å². The number of carbonyl (C=O) groups is 1. The summed E-state index contributed by atoms with van der Waals surface area (Å²) >= 11 is 0. The largest absolute Gasteiger partial charge is 0.340 e. The van der Waals surface area contributed by atoms with Crippen LogP contribution >= 0.6 is 0 Å². The maximum absolute atomic E-state index is 12.2. The third kappa shape index (κ3) is 4.05. The molecule has 4 nitrogen and oxygen atoms in total. The normalized spacial score (nSPS) is 18.0. The molecule has 1 aromatic rings. The molecule has 0 saturated carbocycles. The summed E-state index contributed by atoms with van der Waals surface area (Å²) in [6.07, 6.45) is 0.781. The molecule has 2 rings (SSSR count). The molecule has 1 unspecified atom stereocenters. The van der Waals surface area contributed by atoms with Crippen molar-refractivity contribution < 1.29 is 4.79 Å². The van der Waals surface area contributed by atoms with Crippen LogP contribution in [0.4, 0.5) is 0 Å².